The summed E-state index contributed by atoms with van der Waals surface area (Å²) in [5.41, 5.74) is -0.882. The number of hydrogen-bond donors (Lipinski definition) is 1. The minimum atomic E-state index is -4.24. The van der Waals surface area contributed by atoms with Gasteiger partial charge in [-0.2, -0.15) is 9.98 Å². The largest absolute Gasteiger partial charge is 0.292 e. The highest BCUT2D eigenvalue weighted by Gasteiger charge is 2.27. The molecule has 1 atom stereocenters. The molecular formula is C9H8FN3O4S. The number of rotatable bonds is 4. The molecule has 0 bridgehead atoms. The van der Waals surface area contributed by atoms with E-state index < -0.39 is 37.4 Å². The molecule has 96 valence electrons. The zero-order valence-electron chi connectivity index (χ0n) is 9.12. The lowest BCUT2D eigenvalue weighted by Gasteiger charge is -2.08. The molecule has 0 aliphatic heterocycles. The molecule has 0 radical (unpaired) electrons. The van der Waals surface area contributed by atoms with Crippen LogP contribution in [0, 0.1) is 27.3 Å². The first kappa shape index (κ1) is 14.0. The van der Waals surface area contributed by atoms with Gasteiger partial charge in [0.15, 0.2) is 4.90 Å². The van der Waals surface area contributed by atoms with Gasteiger partial charge in [0.2, 0.25) is 10.0 Å². The van der Waals surface area contributed by atoms with Crippen molar-refractivity contribution in [3.63, 3.8) is 0 Å². The van der Waals surface area contributed by atoms with E-state index in [0.717, 1.165) is 12.1 Å². The molecule has 0 aliphatic rings. The van der Waals surface area contributed by atoms with Gasteiger partial charge >= 0.3 is 0 Å². The van der Waals surface area contributed by atoms with Crippen LogP contribution in [0.4, 0.5) is 10.1 Å². The lowest BCUT2D eigenvalue weighted by Crippen LogP contribution is -2.31. The summed E-state index contributed by atoms with van der Waals surface area (Å²) in [4.78, 5) is 8.97. The lowest BCUT2D eigenvalue weighted by atomic mass is 10.3. The second kappa shape index (κ2) is 5.07. The van der Waals surface area contributed by atoms with Crippen molar-refractivity contribution in [2.75, 3.05) is 0 Å². The molecule has 1 N–H and O–H groups in total. The summed E-state index contributed by atoms with van der Waals surface area (Å²) in [6.07, 6.45) is 0. The van der Waals surface area contributed by atoms with Gasteiger partial charge in [-0.25, -0.2) is 12.8 Å². The van der Waals surface area contributed by atoms with Gasteiger partial charge in [0, 0.05) is 0 Å². The Hall–Kier alpha value is -2.05. The molecule has 0 spiro atoms. The van der Waals surface area contributed by atoms with Crippen LogP contribution in [0.15, 0.2) is 23.1 Å². The zero-order valence-corrected chi connectivity index (χ0v) is 9.94. The maximum Gasteiger partial charge on any atom is 0.292 e. The maximum absolute atomic E-state index is 12.9. The molecule has 0 fully saturated rings. The Labute approximate surface area is 102 Å². The predicted molar refractivity (Wildman–Crippen MR) is 58.5 cm³/mol. The van der Waals surface area contributed by atoms with E-state index in [4.69, 9.17) is 5.26 Å². The minimum absolute atomic E-state index is 0.506. The zero-order chi connectivity index (χ0) is 13.9. The highest BCUT2D eigenvalue weighted by atomic mass is 32.2. The Morgan fingerprint density at radius 3 is 2.67 bits per heavy atom. The van der Waals surface area contributed by atoms with Gasteiger partial charge in [0.05, 0.1) is 17.1 Å². The van der Waals surface area contributed by atoms with Crippen LogP contribution < -0.4 is 4.72 Å². The molecule has 1 rings (SSSR count). The van der Waals surface area contributed by atoms with E-state index in [0.29, 0.717) is 6.07 Å². The topological polar surface area (TPSA) is 113 Å². The number of nitro groups is 1. The van der Waals surface area contributed by atoms with Gasteiger partial charge in [-0.1, -0.05) is 0 Å². The summed E-state index contributed by atoms with van der Waals surface area (Å²) < 4.78 is 38.3. The summed E-state index contributed by atoms with van der Waals surface area (Å²) >= 11 is 0. The van der Waals surface area contributed by atoms with Crippen LogP contribution >= 0.6 is 0 Å². The van der Waals surface area contributed by atoms with Crippen molar-refractivity contribution in [2.45, 2.75) is 17.9 Å². The first-order chi connectivity index (χ1) is 8.27. The number of benzene rings is 1. The van der Waals surface area contributed by atoms with Crippen molar-refractivity contribution in [2.24, 2.45) is 0 Å². The van der Waals surface area contributed by atoms with Crippen LogP contribution in [0.5, 0.6) is 0 Å². The molecule has 0 aromatic heterocycles. The fraction of sp³-hybridized carbons (Fsp3) is 0.222. The normalized spacial score (nSPS) is 12.7. The Balaban J connectivity index is 3.34. The number of nitriles is 1. The maximum atomic E-state index is 12.9. The van der Waals surface area contributed by atoms with Gasteiger partial charge in [-0.15, -0.1) is 0 Å². The molecule has 0 heterocycles. The van der Waals surface area contributed by atoms with E-state index in [9.17, 15) is 22.9 Å². The van der Waals surface area contributed by atoms with Crippen molar-refractivity contribution >= 4 is 15.7 Å². The number of hydrogen-bond acceptors (Lipinski definition) is 5. The van der Waals surface area contributed by atoms with Gasteiger partial charge < -0.3 is 0 Å². The van der Waals surface area contributed by atoms with Crippen molar-refractivity contribution in [1.29, 1.82) is 5.26 Å². The molecule has 1 aromatic carbocycles. The van der Waals surface area contributed by atoms with Gasteiger partial charge in [0.1, 0.15) is 11.9 Å². The van der Waals surface area contributed by atoms with E-state index in [1.165, 1.54) is 6.92 Å². The van der Waals surface area contributed by atoms with Crippen LogP contribution in [0.3, 0.4) is 0 Å². The molecule has 0 amide bonds. The van der Waals surface area contributed by atoms with E-state index in [1.54, 1.807) is 6.07 Å². The number of sulfonamides is 1. The fourth-order valence-corrected chi connectivity index (χ4v) is 2.48. The number of halogens is 1. The highest BCUT2D eigenvalue weighted by Crippen LogP contribution is 2.24. The monoisotopic (exact) mass is 273 g/mol. The summed E-state index contributed by atoms with van der Waals surface area (Å²) in [7, 11) is -4.24. The minimum Gasteiger partial charge on any atom is -0.258 e. The predicted octanol–water partition coefficient (Wildman–Crippen LogP) is 0.924. The van der Waals surface area contributed by atoms with Crippen LogP contribution in [0.1, 0.15) is 6.92 Å². The van der Waals surface area contributed by atoms with Gasteiger partial charge in [0.25, 0.3) is 5.69 Å². The standard InChI is InChI=1S/C9H8FN3O4S/c1-6(5-11)12-18(16,17)9-3-2-7(10)4-8(9)13(14)15/h2-4,6,12H,1H3. The smallest absolute Gasteiger partial charge is 0.258 e. The van der Waals surface area contributed by atoms with E-state index in [1.807, 2.05) is 4.72 Å². The number of nitro benzene ring substituents is 1. The molecule has 0 saturated carbocycles. The molecule has 0 saturated heterocycles. The molecule has 1 unspecified atom stereocenters. The Kier molecular flexibility index (Phi) is 3.95. The molecular weight excluding hydrogens is 265 g/mol. The first-order valence-corrected chi connectivity index (χ1v) is 6.12. The third kappa shape index (κ3) is 2.99. The van der Waals surface area contributed by atoms with Crippen molar-refractivity contribution in [3.05, 3.63) is 34.1 Å². The molecule has 1 aromatic rings. The Bertz CT molecular complexity index is 623. The Morgan fingerprint density at radius 2 is 2.17 bits per heavy atom. The van der Waals surface area contributed by atoms with Crippen LogP contribution in [-0.2, 0) is 10.0 Å². The third-order valence-electron chi connectivity index (χ3n) is 1.93. The number of nitrogens with one attached hydrogen (secondary N) is 1. The van der Waals surface area contributed by atoms with E-state index >= 15 is 0 Å². The van der Waals surface area contributed by atoms with Crippen molar-refractivity contribution < 1.29 is 17.7 Å². The highest BCUT2D eigenvalue weighted by molar-refractivity contribution is 7.89. The van der Waals surface area contributed by atoms with Crippen LogP contribution in [0.25, 0.3) is 0 Å². The van der Waals surface area contributed by atoms with Gasteiger partial charge in [-0.05, 0) is 19.1 Å². The number of nitrogens with zero attached hydrogens (tertiary/aromatic N) is 2. The van der Waals surface area contributed by atoms with Crippen LogP contribution in [-0.4, -0.2) is 19.4 Å². The van der Waals surface area contributed by atoms with Crippen molar-refractivity contribution in [3.8, 4) is 6.07 Å². The quantitative estimate of drug-likeness (QED) is 0.647. The second-order valence-electron chi connectivity index (χ2n) is 3.34. The summed E-state index contributed by atoms with van der Waals surface area (Å²) in [6.45, 7) is 1.27. The van der Waals surface area contributed by atoms with Gasteiger partial charge in [-0.3, -0.25) is 10.1 Å². The summed E-state index contributed by atoms with van der Waals surface area (Å²) in [6, 6.07) is 2.63. The molecule has 18 heavy (non-hydrogen) atoms. The molecule has 9 heteroatoms. The molecule has 7 nitrogen and oxygen atoms in total. The second-order valence-corrected chi connectivity index (χ2v) is 5.02. The third-order valence-corrected chi connectivity index (χ3v) is 3.52. The first-order valence-electron chi connectivity index (χ1n) is 4.64. The van der Waals surface area contributed by atoms with E-state index in [2.05, 4.69) is 0 Å². The van der Waals surface area contributed by atoms with Crippen molar-refractivity contribution in [1.82, 2.24) is 4.72 Å². The van der Waals surface area contributed by atoms with Crippen LogP contribution in [0.2, 0.25) is 0 Å². The Morgan fingerprint density at radius 1 is 1.56 bits per heavy atom. The van der Waals surface area contributed by atoms with E-state index in [-0.39, 0.29) is 0 Å². The summed E-state index contributed by atoms with van der Waals surface area (Å²) in [5.74, 6) is -0.922. The molecule has 0 aliphatic carbocycles. The SMILES string of the molecule is CC(C#N)NS(=O)(=O)c1ccc(F)cc1[N+](=O)[O-]. The average molecular weight is 273 g/mol. The lowest BCUT2D eigenvalue weighted by molar-refractivity contribution is -0.388. The average Bonchev–Trinajstić information content (AvgIpc) is 2.27. The summed E-state index contributed by atoms with van der Waals surface area (Å²) in [5, 5.41) is 19.2. The fourth-order valence-electron chi connectivity index (χ4n) is 1.18.